The maximum atomic E-state index is 13.8. The largest absolute Gasteiger partial charge is 0.494 e. The van der Waals surface area contributed by atoms with Crippen molar-refractivity contribution in [3.8, 4) is 34.3 Å². The molecule has 0 spiro atoms. The Morgan fingerprint density at radius 2 is 1.68 bits per heavy atom. The van der Waals surface area contributed by atoms with E-state index in [1.807, 2.05) is 68.4 Å². The Bertz CT molecular complexity index is 2090. The zero-order valence-corrected chi connectivity index (χ0v) is 24.8. The minimum absolute atomic E-state index is 0.206. The predicted octanol–water partition coefficient (Wildman–Crippen LogP) is 5.54. The number of hydrogen-bond donors (Lipinski definition) is 1. The fourth-order valence-corrected chi connectivity index (χ4v) is 6.15. The molecule has 3 aromatic carbocycles. The number of rotatable bonds is 10. The van der Waals surface area contributed by atoms with Crippen LogP contribution in [-0.4, -0.2) is 36.8 Å². The van der Waals surface area contributed by atoms with E-state index in [-0.39, 0.29) is 24.7 Å². The van der Waals surface area contributed by atoms with Crippen molar-refractivity contribution in [1.29, 1.82) is 0 Å². The first kappa shape index (κ1) is 28.8. The molecule has 0 saturated carbocycles. The second-order valence-electron chi connectivity index (χ2n) is 10.1. The van der Waals surface area contributed by atoms with Gasteiger partial charge in [-0.2, -0.15) is 4.98 Å². The van der Waals surface area contributed by atoms with Crippen molar-refractivity contribution in [2.24, 2.45) is 0 Å². The summed E-state index contributed by atoms with van der Waals surface area (Å²) in [7, 11) is 0. The van der Waals surface area contributed by atoms with Gasteiger partial charge in [-0.15, -0.1) is 11.3 Å². The smallest absolute Gasteiger partial charge is 0.415 e. The Balaban J connectivity index is 1.35. The number of nitrogens with zero attached hydrogens (tertiary/aromatic N) is 4. The maximum Gasteiger partial charge on any atom is 0.415 e. The first-order valence-electron chi connectivity index (χ1n) is 14.1. The summed E-state index contributed by atoms with van der Waals surface area (Å²) in [4.78, 5) is 46.0. The Morgan fingerprint density at radius 3 is 2.34 bits per heavy atom. The number of benzene rings is 3. The number of carbonyl (C=O) groups excluding carboxylic acids is 1. The van der Waals surface area contributed by atoms with Gasteiger partial charge in [0.25, 0.3) is 5.56 Å². The molecule has 10 nitrogen and oxygen atoms in total. The van der Waals surface area contributed by atoms with Crippen LogP contribution in [0.3, 0.4) is 0 Å². The number of fused-ring (bicyclic) bond motifs is 1. The molecule has 6 rings (SSSR count). The minimum atomic E-state index is -0.544. The molecule has 0 unspecified atom stereocenters. The van der Waals surface area contributed by atoms with Crippen molar-refractivity contribution < 1.29 is 19.2 Å². The third kappa shape index (κ3) is 5.57. The molecule has 44 heavy (non-hydrogen) atoms. The van der Waals surface area contributed by atoms with Gasteiger partial charge in [-0.25, -0.2) is 4.79 Å². The van der Waals surface area contributed by atoms with Crippen molar-refractivity contribution in [1.82, 2.24) is 19.3 Å². The van der Waals surface area contributed by atoms with E-state index in [1.54, 1.807) is 28.8 Å². The van der Waals surface area contributed by atoms with Crippen LogP contribution in [0.2, 0.25) is 0 Å². The van der Waals surface area contributed by atoms with Gasteiger partial charge in [0.2, 0.25) is 5.82 Å². The lowest BCUT2D eigenvalue weighted by atomic mass is 9.98. The van der Waals surface area contributed by atoms with Crippen LogP contribution in [0.15, 0.2) is 93.0 Å². The third-order valence-electron chi connectivity index (χ3n) is 7.27. The molecule has 3 heterocycles. The van der Waals surface area contributed by atoms with Crippen LogP contribution in [0.5, 0.6) is 11.8 Å². The standard InChI is InChI=1S/C33H28N4O6S/c1-3-24-17-27-30(39)36(19-28(38)22-13-15-23(16-14-22)42-4-2)33(41)37(31(27)44-24)18-20-9-11-21(12-10-20)25-7-5-6-8-26(25)29-34-32(40)43-35-29/h5-17H,3-4,18-19H2,1-2H3,(H,34,35,40). The summed E-state index contributed by atoms with van der Waals surface area (Å²) in [6, 6.07) is 23.6. The molecule has 0 fully saturated rings. The van der Waals surface area contributed by atoms with Crippen LogP contribution in [0.25, 0.3) is 32.7 Å². The number of ketones is 1. The average molecular weight is 609 g/mol. The van der Waals surface area contributed by atoms with E-state index < -0.39 is 17.3 Å². The molecule has 0 aliphatic heterocycles. The summed E-state index contributed by atoms with van der Waals surface area (Å²) in [6.45, 7) is 4.20. The summed E-state index contributed by atoms with van der Waals surface area (Å²) in [5.74, 6) is 0.559. The van der Waals surface area contributed by atoms with E-state index >= 15 is 0 Å². The second-order valence-corrected chi connectivity index (χ2v) is 11.2. The van der Waals surface area contributed by atoms with Crippen LogP contribution in [0.4, 0.5) is 0 Å². The van der Waals surface area contributed by atoms with Gasteiger partial charge in [-0.05, 0) is 60.4 Å². The van der Waals surface area contributed by atoms with E-state index in [0.717, 1.165) is 26.1 Å². The Kier molecular flexibility index (Phi) is 7.95. The van der Waals surface area contributed by atoms with E-state index in [1.165, 1.54) is 11.3 Å². The summed E-state index contributed by atoms with van der Waals surface area (Å²) >= 11 is 1.41. The maximum absolute atomic E-state index is 13.8. The molecule has 3 aromatic heterocycles. The normalized spacial score (nSPS) is 11.2. The summed E-state index contributed by atoms with van der Waals surface area (Å²) in [5.41, 5.74) is 2.61. The average Bonchev–Trinajstić information content (AvgIpc) is 3.69. The first-order chi connectivity index (χ1) is 21.4. The lowest BCUT2D eigenvalue weighted by Gasteiger charge is -2.13. The molecule has 0 radical (unpaired) electrons. The summed E-state index contributed by atoms with van der Waals surface area (Å²) < 4.78 is 12.8. The van der Waals surface area contributed by atoms with Crippen molar-refractivity contribution in [3.05, 3.63) is 116 Å². The van der Waals surface area contributed by atoms with Crippen LogP contribution in [0, 0.1) is 0 Å². The minimum Gasteiger partial charge on any atom is -0.494 e. The van der Waals surface area contributed by atoms with Crippen molar-refractivity contribution in [2.45, 2.75) is 33.4 Å². The van der Waals surface area contributed by atoms with Gasteiger partial charge in [0.05, 0.1) is 25.1 Å². The highest BCUT2D eigenvalue weighted by Crippen LogP contribution is 2.31. The zero-order valence-electron chi connectivity index (χ0n) is 24.0. The number of hydrogen-bond acceptors (Lipinski definition) is 9. The van der Waals surface area contributed by atoms with E-state index in [2.05, 4.69) is 10.1 Å². The molecule has 0 atom stereocenters. The third-order valence-corrected chi connectivity index (χ3v) is 8.57. The highest BCUT2D eigenvalue weighted by atomic mass is 32.1. The van der Waals surface area contributed by atoms with Crippen molar-refractivity contribution in [2.75, 3.05) is 6.61 Å². The molecule has 0 saturated heterocycles. The molecule has 1 N–H and O–H groups in total. The van der Waals surface area contributed by atoms with E-state index in [4.69, 9.17) is 9.26 Å². The fraction of sp³-hybridized carbons (Fsp3) is 0.182. The van der Waals surface area contributed by atoms with Gasteiger partial charge in [0, 0.05) is 16.0 Å². The Morgan fingerprint density at radius 1 is 0.955 bits per heavy atom. The quantitative estimate of drug-likeness (QED) is 0.201. The molecule has 6 aromatic rings. The molecule has 0 amide bonds. The second kappa shape index (κ2) is 12.1. The van der Waals surface area contributed by atoms with E-state index in [9.17, 15) is 19.5 Å². The SMILES string of the molecule is CCOc1ccc(C(=O)Cn2c(=O)c3cc(CC)sc3n(Cc3ccc(-c4ccccc4-c4noc(O)n4)cc3)c2=O)cc1. The van der Waals surface area contributed by atoms with Crippen molar-refractivity contribution >= 4 is 27.3 Å². The van der Waals surface area contributed by atoms with Gasteiger partial charge in [-0.1, -0.05) is 60.6 Å². The zero-order chi connectivity index (χ0) is 30.8. The molecule has 222 valence electrons. The van der Waals surface area contributed by atoms with E-state index in [0.29, 0.717) is 40.1 Å². The number of aryl methyl sites for hydroxylation is 1. The van der Waals surface area contributed by atoms with Crippen LogP contribution in [-0.2, 0) is 19.5 Å². The van der Waals surface area contributed by atoms with Crippen LogP contribution >= 0.6 is 11.3 Å². The van der Waals surface area contributed by atoms with Gasteiger partial charge < -0.3 is 9.84 Å². The Labute approximate surface area is 255 Å². The highest BCUT2D eigenvalue weighted by molar-refractivity contribution is 7.18. The van der Waals surface area contributed by atoms with Crippen molar-refractivity contribution in [3.63, 3.8) is 0 Å². The van der Waals surface area contributed by atoms with Gasteiger partial charge >= 0.3 is 11.8 Å². The van der Waals surface area contributed by atoms with Crippen LogP contribution < -0.4 is 16.0 Å². The number of thiophene rings is 1. The molecule has 11 heteroatoms. The summed E-state index contributed by atoms with van der Waals surface area (Å²) in [5, 5.41) is 13.8. The molecule has 0 aliphatic rings. The molecular weight excluding hydrogens is 580 g/mol. The predicted molar refractivity (Wildman–Crippen MR) is 168 cm³/mol. The molecular formula is C33H28N4O6S. The topological polar surface area (TPSA) is 129 Å². The lowest BCUT2D eigenvalue weighted by Crippen LogP contribution is -2.41. The lowest BCUT2D eigenvalue weighted by molar-refractivity contribution is 0.0969. The fourth-order valence-electron chi connectivity index (χ4n) is 5.07. The monoisotopic (exact) mass is 608 g/mol. The highest BCUT2D eigenvalue weighted by Gasteiger charge is 2.19. The Hall–Kier alpha value is -5.29. The number of aromatic nitrogens is 4. The summed E-state index contributed by atoms with van der Waals surface area (Å²) in [6.07, 6.45) is 0.203. The van der Waals surface area contributed by atoms with Crippen LogP contribution in [0.1, 0.15) is 34.6 Å². The number of Topliss-reactive ketones (excluding diaryl/α,β-unsaturated/α-hetero) is 1. The first-order valence-corrected chi connectivity index (χ1v) is 14.9. The molecule has 0 aliphatic carbocycles. The number of aromatic hydroxyl groups is 1. The van der Waals surface area contributed by atoms with Gasteiger partial charge in [0.15, 0.2) is 5.78 Å². The molecule has 0 bridgehead atoms. The van der Waals surface area contributed by atoms with Gasteiger partial charge in [0.1, 0.15) is 10.6 Å². The van der Waals surface area contributed by atoms with Gasteiger partial charge in [-0.3, -0.25) is 23.2 Å². The number of carbonyl (C=O) groups is 1. The number of ether oxygens (including phenoxy) is 1.